The number of rotatable bonds is 5. The maximum atomic E-state index is 11.1. The first-order valence-electron chi connectivity index (χ1n) is 7.68. The van der Waals surface area contributed by atoms with E-state index in [0.717, 1.165) is 11.4 Å². The molecule has 1 heterocycles. The summed E-state index contributed by atoms with van der Waals surface area (Å²) < 4.78 is 0. The van der Waals surface area contributed by atoms with Crippen molar-refractivity contribution in [3.8, 4) is 0 Å². The molecule has 0 fully saturated rings. The zero-order chi connectivity index (χ0) is 18.5. The maximum absolute atomic E-state index is 11.1. The first kappa shape index (κ1) is 18.0. The van der Waals surface area contributed by atoms with Crippen LogP contribution in [0.15, 0.2) is 54.9 Å². The summed E-state index contributed by atoms with van der Waals surface area (Å²) in [7, 11) is 0. The van der Waals surface area contributed by atoms with Gasteiger partial charge < -0.3 is 16.0 Å². The number of aromatic nitrogens is 2. The van der Waals surface area contributed by atoms with E-state index in [1.807, 2.05) is 12.1 Å². The van der Waals surface area contributed by atoms with Gasteiger partial charge in [0, 0.05) is 29.4 Å². The van der Waals surface area contributed by atoms with Gasteiger partial charge in [-0.25, -0.2) is 9.97 Å². The van der Waals surface area contributed by atoms with E-state index >= 15 is 0 Å². The summed E-state index contributed by atoms with van der Waals surface area (Å²) in [6, 6.07) is 14.2. The first-order valence-corrected chi connectivity index (χ1v) is 8.44. The molecule has 0 spiro atoms. The van der Waals surface area contributed by atoms with Crippen LogP contribution < -0.4 is 16.0 Å². The van der Waals surface area contributed by atoms with Gasteiger partial charge in [-0.15, -0.1) is 0 Å². The third-order valence-corrected chi connectivity index (χ3v) is 3.90. The highest BCUT2D eigenvalue weighted by Gasteiger charge is 2.05. The van der Waals surface area contributed by atoms with Gasteiger partial charge in [0.15, 0.2) is 0 Å². The van der Waals surface area contributed by atoms with Crippen molar-refractivity contribution in [1.29, 1.82) is 0 Å². The summed E-state index contributed by atoms with van der Waals surface area (Å²) in [5, 5.41) is 10.1. The molecule has 8 heteroatoms. The Bertz CT molecular complexity index is 931. The van der Waals surface area contributed by atoms with E-state index < -0.39 is 0 Å². The predicted octanol–water partition coefficient (Wildman–Crippen LogP) is 5.23. The van der Waals surface area contributed by atoms with Crippen LogP contribution in [0, 0.1) is 0 Å². The molecule has 3 N–H and O–H groups in total. The molecule has 0 radical (unpaired) electrons. The van der Waals surface area contributed by atoms with Gasteiger partial charge in [0.05, 0.1) is 10.7 Å². The standard InChI is InChI=1S/C18H15Cl2N5O/c1-11(26)23-13-3-5-14(6-4-13)24-17-9-18(22-10-21-17)25-16-8-12(19)2-7-15(16)20/h2-10H,1H3,(H,23,26)(H2,21,22,24,25). The summed E-state index contributed by atoms with van der Waals surface area (Å²) in [5.41, 5.74) is 2.21. The number of anilines is 5. The van der Waals surface area contributed by atoms with E-state index in [0.29, 0.717) is 27.4 Å². The van der Waals surface area contributed by atoms with Crippen molar-refractivity contribution >= 4 is 57.8 Å². The van der Waals surface area contributed by atoms with Crippen LogP contribution in [-0.2, 0) is 4.79 Å². The first-order chi connectivity index (χ1) is 12.5. The molecule has 132 valence electrons. The lowest BCUT2D eigenvalue weighted by molar-refractivity contribution is -0.114. The number of carbonyl (C=O) groups is 1. The second kappa shape index (κ2) is 8.03. The third kappa shape index (κ3) is 4.84. The molecule has 0 saturated heterocycles. The number of amides is 1. The van der Waals surface area contributed by atoms with Crippen LogP contribution in [0.3, 0.4) is 0 Å². The number of nitrogens with zero attached hydrogens (tertiary/aromatic N) is 2. The van der Waals surface area contributed by atoms with Crippen molar-refractivity contribution in [1.82, 2.24) is 9.97 Å². The van der Waals surface area contributed by atoms with Gasteiger partial charge in [-0.2, -0.15) is 0 Å². The average molecular weight is 388 g/mol. The Morgan fingerprint density at radius 2 is 1.54 bits per heavy atom. The van der Waals surface area contributed by atoms with Crippen LogP contribution in [0.1, 0.15) is 6.92 Å². The molecular formula is C18H15Cl2N5O. The van der Waals surface area contributed by atoms with E-state index in [4.69, 9.17) is 23.2 Å². The molecule has 0 bridgehead atoms. The van der Waals surface area contributed by atoms with Crippen LogP contribution in [0.25, 0.3) is 0 Å². The summed E-state index contributed by atoms with van der Waals surface area (Å²) in [6.45, 7) is 1.47. The smallest absolute Gasteiger partial charge is 0.221 e. The topological polar surface area (TPSA) is 78.9 Å². The van der Waals surface area contributed by atoms with Gasteiger partial charge in [0.1, 0.15) is 18.0 Å². The number of hydrogen-bond acceptors (Lipinski definition) is 5. The van der Waals surface area contributed by atoms with Gasteiger partial charge in [0.25, 0.3) is 0 Å². The van der Waals surface area contributed by atoms with E-state index in [1.165, 1.54) is 13.3 Å². The van der Waals surface area contributed by atoms with Crippen molar-refractivity contribution in [2.75, 3.05) is 16.0 Å². The van der Waals surface area contributed by atoms with E-state index in [2.05, 4.69) is 25.9 Å². The average Bonchev–Trinajstić information content (AvgIpc) is 2.60. The van der Waals surface area contributed by atoms with E-state index in [-0.39, 0.29) is 5.91 Å². The minimum Gasteiger partial charge on any atom is -0.340 e. The highest BCUT2D eigenvalue weighted by atomic mass is 35.5. The molecule has 6 nitrogen and oxygen atoms in total. The van der Waals surface area contributed by atoms with Crippen LogP contribution in [0.4, 0.5) is 28.7 Å². The maximum Gasteiger partial charge on any atom is 0.221 e. The fraction of sp³-hybridized carbons (Fsp3) is 0.0556. The van der Waals surface area contributed by atoms with Crippen molar-refractivity contribution in [2.24, 2.45) is 0 Å². The van der Waals surface area contributed by atoms with Crippen LogP contribution >= 0.6 is 23.2 Å². The van der Waals surface area contributed by atoms with Crippen LogP contribution in [0.2, 0.25) is 10.0 Å². The Hall–Kier alpha value is -2.83. The van der Waals surface area contributed by atoms with Crippen molar-refractivity contribution in [3.05, 3.63) is 64.9 Å². The van der Waals surface area contributed by atoms with E-state index in [9.17, 15) is 4.79 Å². The molecule has 2 aromatic carbocycles. The van der Waals surface area contributed by atoms with Gasteiger partial charge in [-0.1, -0.05) is 23.2 Å². The molecule has 1 amide bonds. The summed E-state index contributed by atoms with van der Waals surface area (Å²) in [5.74, 6) is 1.06. The fourth-order valence-electron chi connectivity index (χ4n) is 2.21. The summed E-state index contributed by atoms with van der Waals surface area (Å²) >= 11 is 12.2. The van der Waals surface area contributed by atoms with Crippen molar-refractivity contribution in [2.45, 2.75) is 6.92 Å². The molecular weight excluding hydrogens is 373 g/mol. The van der Waals surface area contributed by atoms with Crippen LogP contribution in [-0.4, -0.2) is 15.9 Å². The minimum atomic E-state index is -0.114. The Labute approximate surface area is 160 Å². The second-order valence-corrected chi connectivity index (χ2v) is 6.26. The third-order valence-electron chi connectivity index (χ3n) is 3.34. The fourth-order valence-corrected chi connectivity index (χ4v) is 2.55. The summed E-state index contributed by atoms with van der Waals surface area (Å²) in [6.07, 6.45) is 1.44. The molecule has 0 unspecified atom stereocenters. The Morgan fingerprint density at radius 3 is 2.23 bits per heavy atom. The number of carbonyl (C=O) groups excluding carboxylic acids is 1. The molecule has 0 aliphatic rings. The number of hydrogen-bond donors (Lipinski definition) is 3. The highest BCUT2D eigenvalue weighted by Crippen LogP contribution is 2.28. The molecule has 1 aromatic heterocycles. The molecule has 0 saturated carbocycles. The van der Waals surface area contributed by atoms with Gasteiger partial charge >= 0.3 is 0 Å². The lowest BCUT2D eigenvalue weighted by atomic mass is 10.2. The lowest BCUT2D eigenvalue weighted by Gasteiger charge is -2.10. The SMILES string of the molecule is CC(=O)Nc1ccc(Nc2cc(Nc3cc(Cl)ccc3Cl)ncn2)cc1. The molecule has 3 rings (SSSR count). The number of halogens is 2. The largest absolute Gasteiger partial charge is 0.340 e. The summed E-state index contributed by atoms with van der Waals surface area (Å²) in [4.78, 5) is 19.4. The monoisotopic (exact) mass is 387 g/mol. The zero-order valence-electron chi connectivity index (χ0n) is 13.8. The molecule has 3 aromatic rings. The minimum absolute atomic E-state index is 0.114. The Balaban J connectivity index is 1.73. The van der Waals surface area contributed by atoms with Crippen LogP contribution in [0.5, 0.6) is 0 Å². The normalized spacial score (nSPS) is 10.3. The zero-order valence-corrected chi connectivity index (χ0v) is 15.3. The number of nitrogens with one attached hydrogen (secondary N) is 3. The lowest BCUT2D eigenvalue weighted by Crippen LogP contribution is -2.05. The predicted molar refractivity (Wildman–Crippen MR) is 106 cm³/mol. The van der Waals surface area contributed by atoms with Crippen molar-refractivity contribution < 1.29 is 4.79 Å². The molecule has 0 atom stereocenters. The van der Waals surface area contributed by atoms with E-state index in [1.54, 1.807) is 36.4 Å². The molecule has 0 aliphatic carbocycles. The quantitative estimate of drug-likeness (QED) is 0.558. The van der Waals surface area contributed by atoms with Gasteiger partial charge in [-0.3, -0.25) is 4.79 Å². The highest BCUT2D eigenvalue weighted by molar-refractivity contribution is 6.35. The second-order valence-electron chi connectivity index (χ2n) is 5.42. The molecule has 26 heavy (non-hydrogen) atoms. The Kier molecular flexibility index (Phi) is 5.55. The number of benzene rings is 2. The van der Waals surface area contributed by atoms with Gasteiger partial charge in [0.2, 0.25) is 5.91 Å². The van der Waals surface area contributed by atoms with Crippen molar-refractivity contribution in [3.63, 3.8) is 0 Å². The Morgan fingerprint density at radius 1 is 0.885 bits per heavy atom. The molecule has 0 aliphatic heterocycles. The van der Waals surface area contributed by atoms with Gasteiger partial charge in [-0.05, 0) is 42.5 Å².